The highest BCUT2D eigenvalue weighted by Gasteiger charge is 2.60. The second-order valence-corrected chi connectivity index (χ2v) is 13.8. The van der Waals surface area contributed by atoms with E-state index in [1.807, 2.05) is 0 Å². The summed E-state index contributed by atoms with van der Waals surface area (Å²) in [4.78, 5) is 20.6. The molecule has 0 aromatic rings. The molecule has 0 spiro atoms. The average molecular weight is 518 g/mol. The molecule has 0 unspecified atom stereocenters. The Morgan fingerprint density at radius 2 is 1.68 bits per heavy atom. The van der Waals surface area contributed by atoms with Gasteiger partial charge in [0.15, 0.2) is 0 Å². The fourth-order valence-electron chi connectivity index (χ4n) is 9.47. The Balaban J connectivity index is 0.000000886. The van der Waals surface area contributed by atoms with Crippen molar-refractivity contribution >= 4 is 11.9 Å². The van der Waals surface area contributed by atoms with Crippen molar-refractivity contribution in [3.8, 4) is 0 Å². The van der Waals surface area contributed by atoms with Gasteiger partial charge in [-0.2, -0.15) is 0 Å². The average Bonchev–Trinajstić information content (AvgIpc) is 3.15. The highest BCUT2D eigenvalue weighted by molar-refractivity contribution is 5.66. The van der Waals surface area contributed by atoms with E-state index in [1.54, 1.807) is 12.5 Å². The van der Waals surface area contributed by atoms with Gasteiger partial charge in [-0.15, -0.1) is 0 Å². The van der Waals surface area contributed by atoms with E-state index >= 15 is 0 Å². The quantitative estimate of drug-likeness (QED) is 0.272. The molecular formula is C32H55NO4. The number of carbonyl (C=O) groups excluding carboxylic acids is 1. The molecule has 0 aromatic heterocycles. The molecule has 37 heavy (non-hydrogen) atoms. The number of rotatable bonds is 7. The highest BCUT2D eigenvalue weighted by atomic mass is 16.5. The Bertz CT molecular complexity index is 846. The Labute approximate surface area is 226 Å². The predicted molar refractivity (Wildman–Crippen MR) is 150 cm³/mol. The number of hydrogen-bond donors (Lipinski definition) is 2. The van der Waals surface area contributed by atoms with Crippen molar-refractivity contribution in [2.75, 3.05) is 6.54 Å². The van der Waals surface area contributed by atoms with Crippen LogP contribution >= 0.6 is 0 Å². The zero-order valence-corrected chi connectivity index (χ0v) is 24.8. The largest absolute Gasteiger partial charge is 0.481 e. The first kappa shape index (κ1) is 30.2. The molecule has 0 aliphatic heterocycles. The van der Waals surface area contributed by atoms with Crippen molar-refractivity contribution < 1.29 is 19.4 Å². The van der Waals surface area contributed by atoms with Crippen LogP contribution in [0.15, 0.2) is 11.1 Å². The highest BCUT2D eigenvalue weighted by Crippen LogP contribution is 2.68. The first-order valence-electron chi connectivity index (χ1n) is 15.1. The fraction of sp³-hybridized carbons (Fsp3) is 0.875. The van der Waals surface area contributed by atoms with Gasteiger partial charge in [-0.05, 0) is 91.3 Å². The Kier molecular flexibility index (Phi) is 9.97. The van der Waals surface area contributed by atoms with Crippen molar-refractivity contribution in [3.63, 3.8) is 0 Å². The Hall–Kier alpha value is -1.36. The van der Waals surface area contributed by atoms with Crippen LogP contribution in [0.3, 0.4) is 0 Å². The zero-order chi connectivity index (χ0) is 27.5. The lowest BCUT2D eigenvalue weighted by atomic mass is 9.46. The standard InChI is InChI=1S/C30H51NO2.C2H4O2/c1-19(2)8-7-9-20(3)25-10-11-26-24-16-22(18-31)28-17-23(33-21(4)32)12-14-30(28,6)27(24)13-15-29(25,26)5;1-2(3)4/h19-20,23-27H,7-18,31H2,1-6H3;1H3,(H,3,4)/t20-,23+,24+,25-,26+,27+,29-,30-;/m1./s1. The first-order chi connectivity index (χ1) is 17.3. The second-order valence-electron chi connectivity index (χ2n) is 13.8. The van der Waals surface area contributed by atoms with Crippen molar-refractivity contribution in [2.24, 2.45) is 52.1 Å². The number of ether oxygens (including phenoxy) is 1. The maximum atomic E-state index is 11.6. The minimum Gasteiger partial charge on any atom is -0.481 e. The minimum atomic E-state index is -0.833. The molecule has 4 aliphatic carbocycles. The van der Waals surface area contributed by atoms with Gasteiger partial charge in [0, 0.05) is 26.8 Å². The third-order valence-corrected chi connectivity index (χ3v) is 11.1. The number of carboxylic acids is 1. The van der Waals surface area contributed by atoms with Crippen LogP contribution in [-0.2, 0) is 14.3 Å². The van der Waals surface area contributed by atoms with E-state index in [4.69, 9.17) is 20.4 Å². The monoisotopic (exact) mass is 517 g/mol. The van der Waals surface area contributed by atoms with Gasteiger partial charge in [-0.25, -0.2) is 0 Å². The van der Waals surface area contributed by atoms with Crippen LogP contribution in [0.2, 0.25) is 0 Å². The molecule has 0 aromatic carbocycles. The van der Waals surface area contributed by atoms with E-state index in [-0.39, 0.29) is 17.5 Å². The molecule has 0 radical (unpaired) electrons. The first-order valence-corrected chi connectivity index (χ1v) is 15.1. The van der Waals surface area contributed by atoms with E-state index < -0.39 is 5.97 Å². The molecule has 3 fully saturated rings. The maximum Gasteiger partial charge on any atom is 0.302 e. The summed E-state index contributed by atoms with van der Waals surface area (Å²) < 4.78 is 5.67. The lowest BCUT2D eigenvalue weighted by Gasteiger charge is -2.59. The van der Waals surface area contributed by atoms with Crippen LogP contribution in [0.5, 0.6) is 0 Å². The second kappa shape index (κ2) is 12.2. The minimum absolute atomic E-state index is 0.0556. The molecule has 4 aliphatic rings. The number of aliphatic carboxylic acids is 1. The third kappa shape index (κ3) is 6.45. The SMILES string of the molecule is CC(=O)O.CC(=O)O[C@H]1CC[C@@]2(C)C(=C(CN)C[C@H]3[C@@H]4CC[C@H]([C@H](C)CCCC(C)C)[C@@]4(C)CC[C@@H]32)C1. The number of hydrogen-bond acceptors (Lipinski definition) is 4. The summed E-state index contributed by atoms with van der Waals surface area (Å²) in [6.07, 6.45) is 14.2. The molecule has 212 valence electrons. The van der Waals surface area contributed by atoms with Gasteiger partial charge in [-0.1, -0.05) is 65.0 Å². The molecule has 0 amide bonds. The summed E-state index contributed by atoms with van der Waals surface area (Å²) in [7, 11) is 0. The zero-order valence-electron chi connectivity index (χ0n) is 24.8. The van der Waals surface area contributed by atoms with Gasteiger partial charge in [0.25, 0.3) is 5.97 Å². The fourth-order valence-corrected chi connectivity index (χ4v) is 9.47. The summed E-state index contributed by atoms with van der Waals surface area (Å²) in [5.41, 5.74) is 10.3. The summed E-state index contributed by atoms with van der Waals surface area (Å²) in [5.74, 6) is 4.06. The van der Waals surface area contributed by atoms with E-state index in [1.165, 1.54) is 56.9 Å². The number of fused-ring (bicyclic) bond motifs is 5. The van der Waals surface area contributed by atoms with Gasteiger partial charge in [0.2, 0.25) is 0 Å². The predicted octanol–water partition coefficient (Wildman–Crippen LogP) is 7.38. The summed E-state index contributed by atoms with van der Waals surface area (Å²) in [6.45, 7) is 15.8. The van der Waals surface area contributed by atoms with Crippen molar-refractivity contribution in [1.29, 1.82) is 0 Å². The van der Waals surface area contributed by atoms with Gasteiger partial charge in [-0.3, -0.25) is 9.59 Å². The Morgan fingerprint density at radius 3 is 2.27 bits per heavy atom. The van der Waals surface area contributed by atoms with Crippen LogP contribution in [-0.4, -0.2) is 29.7 Å². The molecule has 5 heteroatoms. The van der Waals surface area contributed by atoms with E-state index in [9.17, 15) is 4.79 Å². The van der Waals surface area contributed by atoms with Crippen molar-refractivity contribution in [2.45, 2.75) is 125 Å². The number of nitrogens with two attached hydrogens (primary N) is 1. The number of carboxylic acid groups (broad SMARTS) is 1. The number of carbonyl (C=O) groups is 2. The van der Waals surface area contributed by atoms with Gasteiger partial charge in [0.1, 0.15) is 6.10 Å². The molecule has 8 atom stereocenters. The normalized spacial score (nSPS) is 37.6. The summed E-state index contributed by atoms with van der Waals surface area (Å²) in [6, 6.07) is 0. The van der Waals surface area contributed by atoms with Gasteiger partial charge >= 0.3 is 5.97 Å². The molecular weight excluding hydrogens is 462 g/mol. The maximum absolute atomic E-state index is 11.6. The molecule has 0 saturated heterocycles. The van der Waals surface area contributed by atoms with E-state index in [0.717, 1.165) is 61.7 Å². The van der Waals surface area contributed by atoms with E-state index in [0.29, 0.717) is 12.0 Å². The summed E-state index contributed by atoms with van der Waals surface area (Å²) in [5, 5.41) is 7.42. The van der Waals surface area contributed by atoms with Crippen LogP contribution in [0.25, 0.3) is 0 Å². The van der Waals surface area contributed by atoms with E-state index in [2.05, 4.69) is 34.6 Å². The molecule has 5 nitrogen and oxygen atoms in total. The summed E-state index contributed by atoms with van der Waals surface area (Å²) >= 11 is 0. The molecule has 3 N–H and O–H groups in total. The Morgan fingerprint density at radius 1 is 1.00 bits per heavy atom. The topological polar surface area (TPSA) is 89.6 Å². The molecule has 0 heterocycles. The van der Waals surface area contributed by atoms with Crippen molar-refractivity contribution in [1.82, 2.24) is 0 Å². The van der Waals surface area contributed by atoms with Gasteiger partial charge in [0.05, 0.1) is 0 Å². The third-order valence-electron chi connectivity index (χ3n) is 11.1. The molecule has 0 bridgehead atoms. The number of esters is 1. The lowest BCUT2D eigenvalue weighted by Crippen LogP contribution is -2.52. The van der Waals surface area contributed by atoms with Crippen LogP contribution in [0.1, 0.15) is 119 Å². The van der Waals surface area contributed by atoms with Crippen LogP contribution in [0, 0.1) is 46.3 Å². The smallest absolute Gasteiger partial charge is 0.302 e. The molecule has 3 saturated carbocycles. The lowest BCUT2D eigenvalue weighted by molar-refractivity contribution is -0.148. The van der Waals surface area contributed by atoms with Crippen LogP contribution < -0.4 is 5.73 Å². The molecule has 4 rings (SSSR count). The van der Waals surface area contributed by atoms with Crippen molar-refractivity contribution in [3.05, 3.63) is 11.1 Å². The van der Waals surface area contributed by atoms with Crippen LogP contribution in [0.4, 0.5) is 0 Å². The van der Waals surface area contributed by atoms with Gasteiger partial charge < -0.3 is 15.6 Å².